The van der Waals surface area contributed by atoms with Gasteiger partial charge in [-0.25, -0.2) is 0 Å². The molecule has 168 valence electrons. The minimum absolute atomic E-state index is 0.296. The van der Waals surface area contributed by atoms with E-state index in [9.17, 15) is 5.11 Å². The maximum absolute atomic E-state index is 9.19. The molecule has 0 spiro atoms. The lowest BCUT2D eigenvalue weighted by molar-refractivity contribution is 0.0610. The first-order valence-electron chi connectivity index (χ1n) is 11.0. The van der Waals surface area contributed by atoms with Gasteiger partial charge in [-0.2, -0.15) is 0 Å². The van der Waals surface area contributed by atoms with Gasteiger partial charge in [-0.05, 0) is 60.8 Å². The van der Waals surface area contributed by atoms with Gasteiger partial charge in [0.05, 0.1) is 6.10 Å². The predicted molar refractivity (Wildman–Crippen MR) is 119 cm³/mol. The number of hydrogen-bond acceptors (Lipinski definition) is 5. The number of nitrogens with zero attached hydrogens (tertiary/aromatic N) is 1. The number of nitrogens with one attached hydrogen (secondary N) is 1. The smallest absolute Gasteiger partial charge is 0.104 e. The van der Waals surface area contributed by atoms with E-state index in [1.807, 2.05) is 13.8 Å². The number of ether oxygens (including phenoxy) is 2. The molecule has 0 aromatic carbocycles. The summed E-state index contributed by atoms with van der Waals surface area (Å²) in [7, 11) is 7.61. The quantitative estimate of drug-likeness (QED) is 0.313. The van der Waals surface area contributed by atoms with Gasteiger partial charge in [0.15, 0.2) is 0 Å². The van der Waals surface area contributed by atoms with Crippen LogP contribution in [0.4, 0.5) is 0 Å². The lowest BCUT2D eigenvalue weighted by atomic mass is 10.1. The van der Waals surface area contributed by atoms with Crippen LogP contribution in [0.3, 0.4) is 0 Å². The molecule has 0 aromatic heterocycles. The molecule has 0 fully saturated rings. The van der Waals surface area contributed by atoms with Crippen LogP contribution in [0.25, 0.3) is 0 Å². The van der Waals surface area contributed by atoms with E-state index in [2.05, 4.69) is 38.2 Å². The summed E-state index contributed by atoms with van der Waals surface area (Å²) in [6.45, 7) is 11.2. The summed E-state index contributed by atoms with van der Waals surface area (Å²) in [4.78, 5) is 2.12. The Kier molecular flexibility index (Phi) is 32.7. The van der Waals surface area contributed by atoms with Gasteiger partial charge in [-0.3, -0.25) is 5.32 Å². The van der Waals surface area contributed by atoms with Crippen molar-refractivity contribution in [1.29, 1.82) is 0 Å². The molecule has 27 heavy (non-hydrogen) atoms. The highest BCUT2D eigenvalue weighted by molar-refractivity contribution is 4.50. The van der Waals surface area contributed by atoms with Crippen LogP contribution in [0, 0.1) is 0 Å². The maximum Gasteiger partial charge on any atom is 0.104 e. The Balaban J connectivity index is -0.000000356. The van der Waals surface area contributed by atoms with Gasteiger partial charge < -0.3 is 19.5 Å². The molecule has 0 radical (unpaired) electrons. The van der Waals surface area contributed by atoms with Gasteiger partial charge in [0.2, 0.25) is 0 Å². The average Bonchev–Trinajstić information content (AvgIpc) is 2.65. The molecule has 0 aliphatic carbocycles. The third-order valence-corrected chi connectivity index (χ3v) is 3.99. The van der Waals surface area contributed by atoms with Crippen LogP contribution in [0.5, 0.6) is 0 Å². The van der Waals surface area contributed by atoms with Crippen molar-refractivity contribution in [3.05, 3.63) is 0 Å². The van der Waals surface area contributed by atoms with Gasteiger partial charge in [0.1, 0.15) is 6.23 Å². The van der Waals surface area contributed by atoms with E-state index >= 15 is 0 Å². The monoisotopic (exact) mass is 392 g/mol. The maximum atomic E-state index is 9.19. The Morgan fingerprint density at radius 1 is 0.889 bits per heavy atom. The summed E-state index contributed by atoms with van der Waals surface area (Å²) in [5.74, 6) is 0. The molecule has 1 atom stereocenters. The van der Waals surface area contributed by atoms with Crippen LogP contribution in [0.15, 0.2) is 0 Å². The van der Waals surface area contributed by atoms with Crippen molar-refractivity contribution >= 4 is 0 Å². The van der Waals surface area contributed by atoms with E-state index in [1.54, 1.807) is 14.2 Å². The Hall–Kier alpha value is -0.200. The van der Waals surface area contributed by atoms with Crippen molar-refractivity contribution < 1.29 is 14.6 Å². The number of rotatable bonds is 15. The second-order valence-corrected chi connectivity index (χ2v) is 7.38. The first kappa shape index (κ1) is 31.5. The Bertz CT molecular complexity index is 240. The van der Waals surface area contributed by atoms with E-state index < -0.39 is 0 Å². The van der Waals surface area contributed by atoms with Crippen LogP contribution in [-0.2, 0) is 9.47 Å². The largest absolute Gasteiger partial charge is 0.385 e. The van der Waals surface area contributed by atoms with E-state index in [0.717, 1.165) is 39.0 Å². The van der Waals surface area contributed by atoms with Crippen molar-refractivity contribution in [2.75, 3.05) is 48.0 Å². The summed E-state index contributed by atoms with van der Waals surface area (Å²) >= 11 is 0. The number of aliphatic hydroxyl groups is 1. The lowest BCUT2D eigenvalue weighted by Gasteiger charge is -2.07. The molecule has 0 rings (SSSR count). The summed E-state index contributed by atoms with van der Waals surface area (Å²) in [6.07, 6.45) is 11.1. The van der Waals surface area contributed by atoms with Crippen molar-refractivity contribution in [2.24, 2.45) is 0 Å². The molecule has 0 saturated heterocycles. The third kappa shape index (κ3) is 41.3. The van der Waals surface area contributed by atoms with Crippen LogP contribution in [0.1, 0.15) is 85.5 Å². The Morgan fingerprint density at radius 3 is 1.81 bits per heavy atom. The number of unbranched alkanes of at least 4 members (excludes halogenated alkanes) is 6. The van der Waals surface area contributed by atoms with Crippen molar-refractivity contribution in [3.63, 3.8) is 0 Å². The Morgan fingerprint density at radius 2 is 1.41 bits per heavy atom. The van der Waals surface area contributed by atoms with Crippen LogP contribution < -0.4 is 5.32 Å². The highest BCUT2D eigenvalue weighted by Gasteiger charge is 1.98. The van der Waals surface area contributed by atoms with Crippen LogP contribution in [-0.4, -0.2) is 70.3 Å². The molecule has 0 heterocycles. The molecule has 0 aliphatic heterocycles. The molecule has 2 N–H and O–H groups in total. The molecule has 0 bridgehead atoms. The number of hydrogen-bond donors (Lipinski definition) is 2. The molecule has 0 amide bonds. The van der Waals surface area contributed by atoms with Gasteiger partial charge in [0, 0.05) is 20.3 Å². The zero-order chi connectivity index (χ0) is 21.3. The van der Waals surface area contributed by atoms with Gasteiger partial charge >= 0.3 is 0 Å². The topological polar surface area (TPSA) is 54.0 Å². The molecule has 5 heteroatoms. The number of methoxy groups -OCH3 is 1. The molecule has 0 saturated carbocycles. The fourth-order valence-corrected chi connectivity index (χ4v) is 1.96. The summed E-state index contributed by atoms with van der Waals surface area (Å²) in [6, 6.07) is 0. The zero-order valence-electron chi connectivity index (χ0n) is 19.9. The first-order chi connectivity index (χ1) is 12.8. The van der Waals surface area contributed by atoms with E-state index in [0.29, 0.717) is 6.10 Å². The molecule has 1 unspecified atom stereocenters. The summed E-state index contributed by atoms with van der Waals surface area (Å²) < 4.78 is 10.1. The number of aliphatic hydroxyl groups excluding tert-OH is 1. The molecular weight excluding hydrogens is 340 g/mol. The Labute approximate surface area is 171 Å². The second-order valence-electron chi connectivity index (χ2n) is 7.38. The lowest BCUT2D eigenvalue weighted by Crippen LogP contribution is -2.23. The SMILES string of the molecule is CCCCCCCCCC(O)NC.CCN(C)C.COCCCOC(C)C. The standard InChI is InChI=1S/C11H25NO.C7H16O2.C4H11N/c1-3-4-5-6-7-8-9-10-11(13)12-2;1-7(2)9-6-4-5-8-3;1-4-5(2)3/h11-13H,3-10H2,1-2H3;7H,4-6H2,1-3H3;4H2,1-3H3. The average molecular weight is 393 g/mol. The van der Waals surface area contributed by atoms with E-state index in [4.69, 9.17) is 9.47 Å². The fourth-order valence-electron chi connectivity index (χ4n) is 1.96. The molecule has 0 aliphatic rings. The van der Waals surface area contributed by atoms with Crippen molar-refractivity contribution in [3.8, 4) is 0 Å². The highest BCUT2D eigenvalue weighted by Crippen LogP contribution is 2.08. The minimum atomic E-state index is -0.296. The highest BCUT2D eigenvalue weighted by atomic mass is 16.5. The first-order valence-corrected chi connectivity index (χ1v) is 11.0. The van der Waals surface area contributed by atoms with E-state index in [1.165, 1.54) is 38.5 Å². The zero-order valence-corrected chi connectivity index (χ0v) is 19.9. The van der Waals surface area contributed by atoms with Crippen molar-refractivity contribution in [2.45, 2.75) is 97.8 Å². The van der Waals surface area contributed by atoms with E-state index in [-0.39, 0.29) is 6.23 Å². The fraction of sp³-hybridized carbons (Fsp3) is 1.00. The van der Waals surface area contributed by atoms with Crippen LogP contribution in [0.2, 0.25) is 0 Å². The molecule has 0 aromatic rings. The summed E-state index contributed by atoms with van der Waals surface area (Å²) in [5, 5.41) is 12.0. The minimum Gasteiger partial charge on any atom is -0.385 e. The van der Waals surface area contributed by atoms with Gasteiger partial charge in [-0.15, -0.1) is 0 Å². The molecular formula is C22H52N2O3. The normalized spacial score (nSPS) is 11.7. The molecule has 5 nitrogen and oxygen atoms in total. The van der Waals surface area contributed by atoms with Gasteiger partial charge in [-0.1, -0.05) is 52.4 Å². The van der Waals surface area contributed by atoms with Crippen LogP contribution >= 0.6 is 0 Å². The second kappa shape index (κ2) is 28.0. The predicted octanol–water partition coefficient (Wildman–Crippen LogP) is 4.68. The summed E-state index contributed by atoms with van der Waals surface area (Å²) in [5.41, 5.74) is 0. The van der Waals surface area contributed by atoms with Crippen molar-refractivity contribution in [1.82, 2.24) is 10.2 Å². The van der Waals surface area contributed by atoms with Gasteiger partial charge in [0.25, 0.3) is 0 Å². The third-order valence-electron chi connectivity index (χ3n) is 3.99.